The average molecular weight is 299 g/mol. The van der Waals surface area contributed by atoms with Crippen molar-refractivity contribution in [3.05, 3.63) is 0 Å². The molecule has 0 atom stereocenters. The molecule has 5 nitrogen and oxygen atoms in total. The molecule has 3 N–H and O–H groups in total. The van der Waals surface area contributed by atoms with E-state index in [-0.39, 0.29) is 12.8 Å². The smallest absolute Gasteiger partial charge is 0.303 e. The van der Waals surface area contributed by atoms with Crippen molar-refractivity contribution >= 4 is 11.9 Å². The lowest BCUT2D eigenvalue weighted by Crippen LogP contribution is -2.40. The van der Waals surface area contributed by atoms with Gasteiger partial charge in [0.1, 0.15) is 0 Å². The standard InChI is InChI=1S/C12H23N.C4H6O4/c1-3-7-11(8-4-1)13-12-9-5-2-6-10-12;5-3(6)1-2-4(7)8/h11-13H,1-10H2;1-2H2,(H,5,6)(H,7,8). The molecular formula is C16H29NO4. The molecule has 0 saturated heterocycles. The lowest BCUT2D eigenvalue weighted by molar-refractivity contribution is -0.143. The molecule has 2 saturated carbocycles. The van der Waals surface area contributed by atoms with Crippen molar-refractivity contribution in [2.24, 2.45) is 0 Å². The van der Waals surface area contributed by atoms with Gasteiger partial charge in [-0.05, 0) is 25.7 Å². The number of carbonyl (C=O) groups is 2. The van der Waals surface area contributed by atoms with Crippen molar-refractivity contribution in [3.63, 3.8) is 0 Å². The third-order valence-electron chi connectivity index (χ3n) is 4.23. The van der Waals surface area contributed by atoms with E-state index in [9.17, 15) is 9.59 Å². The Hall–Kier alpha value is -1.10. The van der Waals surface area contributed by atoms with E-state index in [4.69, 9.17) is 10.2 Å². The maximum Gasteiger partial charge on any atom is 0.303 e. The minimum Gasteiger partial charge on any atom is -0.481 e. The van der Waals surface area contributed by atoms with E-state index in [1.165, 1.54) is 64.2 Å². The van der Waals surface area contributed by atoms with Gasteiger partial charge in [0.2, 0.25) is 0 Å². The van der Waals surface area contributed by atoms with Gasteiger partial charge in [-0.25, -0.2) is 0 Å². The first-order valence-electron chi connectivity index (χ1n) is 8.27. The lowest BCUT2D eigenvalue weighted by atomic mass is 9.91. The second kappa shape index (κ2) is 10.6. The average Bonchev–Trinajstić information content (AvgIpc) is 2.48. The summed E-state index contributed by atoms with van der Waals surface area (Å²) in [6, 6.07) is 1.74. The Kier molecular flexibility index (Phi) is 9.06. The first-order valence-corrected chi connectivity index (χ1v) is 8.27. The molecule has 0 heterocycles. The van der Waals surface area contributed by atoms with Crippen LogP contribution in [0, 0.1) is 0 Å². The summed E-state index contributed by atoms with van der Waals surface area (Å²) in [5.74, 6) is -2.15. The molecule has 2 aliphatic rings. The molecule has 0 amide bonds. The summed E-state index contributed by atoms with van der Waals surface area (Å²) in [5.41, 5.74) is 0. The molecule has 0 spiro atoms. The van der Waals surface area contributed by atoms with Gasteiger partial charge in [-0.2, -0.15) is 0 Å². The summed E-state index contributed by atoms with van der Waals surface area (Å²) in [6.45, 7) is 0. The quantitative estimate of drug-likeness (QED) is 0.726. The molecule has 0 bridgehead atoms. The molecule has 2 fully saturated rings. The van der Waals surface area contributed by atoms with Crippen molar-refractivity contribution in [1.82, 2.24) is 5.32 Å². The molecule has 2 aliphatic carbocycles. The van der Waals surface area contributed by atoms with Crippen LogP contribution in [0.4, 0.5) is 0 Å². The van der Waals surface area contributed by atoms with Gasteiger partial charge >= 0.3 is 11.9 Å². The van der Waals surface area contributed by atoms with Crippen molar-refractivity contribution in [3.8, 4) is 0 Å². The van der Waals surface area contributed by atoms with Crippen molar-refractivity contribution in [2.75, 3.05) is 0 Å². The number of carboxylic acid groups (broad SMARTS) is 2. The topological polar surface area (TPSA) is 86.6 Å². The van der Waals surface area contributed by atoms with Crippen LogP contribution in [0.2, 0.25) is 0 Å². The molecule has 0 aromatic carbocycles. The van der Waals surface area contributed by atoms with E-state index in [1.54, 1.807) is 0 Å². The van der Waals surface area contributed by atoms with E-state index in [0.29, 0.717) is 0 Å². The predicted molar refractivity (Wildman–Crippen MR) is 81.4 cm³/mol. The van der Waals surface area contributed by atoms with E-state index in [1.807, 2.05) is 0 Å². The van der Waals surface area contributed by atoms with Gasteiger partial charge in [0, 0.05) is 12.1 Å². The lowest BCUT2D eigenvalue weighted by Gasteiger charge is -2.30. The number of carboxylic acids is 2. The molecule has 0 aliphatic heterocycles. The van der Waals surface area contributed by atoms with E-state index >= 15 is 0 Å². The van der Waals surface area contributed by atoms with Gasteiger partial charge in [-0.3, -0.25) is 9.59 Å². The van der Waals surface area contributed by atoms with Crippen LogP contribution in [0.1, 0.15) is 77.0 Å². The van der Waals surface area contributed by atoms with Crippen molar-refractivity contribution in [1.29, 1.82) is 0 Å². The molecule has 0 aromatic rings. The summed E-state index contributed by atoms with van der Waals surface area (Å²) >= 11 is 0. The number of aliphatic carboxylic acids is 2. The summed E-state index contributed by atoms with van der Waals surface area (Å²) in [4.78, 5) is 19.3. The largest absolute Gasteiger partial charge is 0.481 e. The summed E-state index contributed by atoms with van der Waals surface area (Å²) in [7, 11) is 0. The molecule has 0 unspecified atom stereocenters. The molecule has 21 heavy (non-hydrogen) atoms. The van der Waals surface area contributed by atoms with Crippen LogP contribution >= 0.6 is 0 Å². The van der Waals surface area contributed by atoms with Crippen LogP contribution in [0.3, 0.4) is 0 Å². The Labute approximate surface area is 127 Å². The molecular weight excluding hydrogens is 270 g/mol. The molecule has 122 valence electrons. The Balaban J connectivity index is 0.000000240. The molecule has 0 radical (unpaired) electrons. The van der Waals surface area contributed by atoms with Crippen LogP contribution in [0.15, 0.2) is 0 Å². The first kappa shape index (κ1) is 18.0. The van der Waals surface area contributed by atoms with E-state index < -0.39 is 11.9 Å². The highest BCUT2D eigenvalue weighted by atomic mass is 16.4. The predicted octanol–water partition coefficient (Wildman–Crippen LogP) is 3.18. The van der Waals surface area contributed by atoms with Crippen LogP contribution in [-0.4, -0.2) is 34.2 Å². The highest BCUT2D eigenvalue weighted by Crippen LogP contribution is 2.22. The molecule has 2 rings (SSSR count). The Bertz CT molecular complexity index is 277. The van der Waals surface area contributed by atoms with Crippen molar-refractivity contribution in [2.45, 2.75) is 89.1 Å². The van der Waals surface area contributed by atoms with Gasteiger partial charge in [-0.1, -0.05) is 38.5 Å². The summed E-state index contributed by atoms with van der Waals surface area (Å²) in [6.07, 6.45) is 14.0. The maximum absolute atomic E-state index is 9.64. The van der Waals surface area contributed by atoms with Crippen LogP contribution in [0.5, 0.6) is 0 Å². The van der Waals surface area contributed by atoms with Gasteiger partial charge in [0.05, 0.1) is 12.8 Å². The number of nitrogens with one attached hydrogen (secondary N) is 1. The number of hydrogen-bond donors (Lipinski definition) is 3. The van der Waals surface area contributed by atoms with Crippen LogP contribution < -0.4 is 5.32 Å². The third-order valence-corrected chi connectivity index (χ3v) is 4.23. The van der Waals surface area contributed by atoms with Gasteiger partial charge in [-0.15, -0.1) is 0 Å². The second-order valence-electron chi connectivity index (χ2n) is 6.12. The van der Waals surface area contributed by atoms with Crippen molar-refractivity contribution < 1.29 is 19.8 Å². The second-order valence-corrected chi connectivity index (χ2v) is 6.12. The fourth-order valence-corrected chi connectivity index (χ4v) is 3.09. The Morgan fingerprint density at radius 1 is 0.714 bits per heavy atom. The van der Waals surface area contributed by atoms with Gasteiger partial charge in [0.25, 0.3) is 0 Å². The normalized spacial score (nSPS) is 20.4. The monoisotopic (exact) mass is 299 g/mol. The minimum atomic E-state index is -1.08. The molecule has 0 aromatic heterocycles. The third kappa shape index (κ3) is 9.45. The van der Waals surface area contributed by atoms with Crippen LogP contribution in [0.25, 0.3) is 0 Å². The Morgan fingerprint density at radius 2 is 1.05 bits per heavy atom. The minimum absolute atomic E-state index is 0.296. The fourth-order valence-electron chi connectivity index (χ4n) is 3.09. The van der Waals surface area contributed by atoms with Crippen LogP contribution in [-0.2, 0) is 9.59 Å². The first-order chi connectivity index (χ1) is 10.1. The fraction of sp³-hybridized carbons (Fsp3) is 0.875. The zero-order chi connectivity index (χ0) is 15.5. The number of hydrogen-bond acceptors (Lipinski definition) is 3. The highest BCUT2D eigenvalue weighted by Gasteiger charge is 2.19. The number of rotatable bonds is 5. The van der Waals surface area contributed by atoms with E-state index in [2.05, 4.69) is 5.32 Å². The van der Waals surface area contributed by atoms with E-state index in [0.717, 1.165) is 12.1 Å². The molecule has 5 heteroatoms. The van der Waals surface area contributed by atoms with Gasteiger partial charge in [0.15, 0.2) is 0 Å². The Morgan fingerprint density at radius 3 is 1.33 bits per heavy atom. The zero-order valence-electron chi connectivity index (χ0n) is 12.9. The zero-order valence-corrected chi connectivity index (χ0v) is 12.9. The SMILES string of the molecule is C1CCC(NC2CCCCC2)CC1.O=C(O)CCC(=O)O. The maximum atomic E-state index is 9.64. The van der Waals surface area contributed by atoms with Gasteiger partial charge < -0.3 is 15.5 Å². The summed E-state index contributed by atoms with van der Waals surface area (Å²) < 4.78 is 0. The highest BCUT2D eigenvalue weighted by molar-refractivity contribution is 5.75. The summed E-state index contributed by atoms with van der Waals surface area (Å²) in [5, 5.41) is 19.7.